The van der Waals surface area contributed by atoms with Gasteiger partial charge in [-0.3, -0.25) is 4.79 Å². The predicted molar refractivity (Wildman–Crippen MR) is 354 cm³/mol. The Morgan fingerprint density at radius 3 is 0.835 bits per heavy atom. The molecule has 0 aromatic carbocycles. The number of nitrogens with one attached hydrogen (secondary N) is 1. The molecule has 2 unspecified atom stereocenters. The maximum absolute atomic E-state index is 12.5. The first kappa shape index (κ1) is 76.3. The molecule has 0 aliphatic rings. The molecule has 0 rings (SSSR count). The Kier molecular flexibility index (Phi) is 67.2. The summed E-state index contributed by atoms with van der Waals surface area (Å²) >= 11 is 0. The van der Waals surface area contributed by atoms with Gasteiger partial charge in [0, 0.05) is 6.42 Å². The molecule has 0 aliphatic carbocycles. The highest BCUT2D eigenvalue weighted by Crippen LogP contribution is 2.18. The van der Waals surface area contributed by atoms with Gasteiger partial charge in [0.15, 0.2) is 0 Å². The molecule has 0 aromatic heterocycles. The number of carbonyl (C=O) groups excluding carboxylic acids is 1. The normalized spacial score (nSPS) is 13.3. The average Bonchev–Trinajstić information content (AvgIpc) is 3.45. The van der Waals surface area contributed by atoms with Crippen molar-refractivity contribution >= 4 is 5.91 Å². The first-order valence-electron chi connectivity index (χ1n) is 35.0. The summed E-state index contributed by atoms with van der Waals surface area (Å²) in [7, 11) is 0. The van der Waals surface area contributed by atoms with Crippen molar-refractivity contribution in [2.45, 2.75) is 366 Å². The van der Waals surface area contributed by atoms with Crippen molar-refractivity contribution in [3.63, 3.8) is 0 Å². The molecule has 0 saturated carbocycles. The van der Waals surface area contributed by atoms with Crippen LogP contribution in [0.1, 0.15) is 354 Å². The van der Waals surface area contributed by atoms with Crippen molar-refractivity contribution in [3.05, 3.63) is 97.2 Å². The van der Waals surface area contributed by atoms with E-state index in [1.807, 2.05) is 6.08 Å². The molecule has 0 aromatic rings. The molecule has 0 spiro atoms. The molecule has 0 heterocycles. The lowest BCUT2D eigenvalue weighted by Crippen LogP contribution is -2.45. The average molecular weight is 1100 g/mol. The van der Waals surface area contributed by atoms with Crippen molar-refractivity contribution < 1.29 is 15.0 Å². The molecule has 0 aliphatic heterocycles. The van der Waals surface area contributed by atoms with Gasteiger partial charge in [0.1, 0.15) is 0 Å². The summed E-state index contributed by atoms with van der Waals surface area (Å²) in [5.41, 5.74) is 0. The molecule has 458 valence electrons. The van der Waals surface area contributed by atoms with E-state index in [1.165, 1.54) is 263 Å². The van der Waals surface area contributed by atoms with Crippen LogP contribution in [0.15, 0.2) is 97.2 Å². The number of hydrogen-bond acceptors (Lipinski definition) is 3. The molecule has 0 radical (unpaired) electrons. The minimum absolute atomic E-state index is 0.0640. The quantitative estimate of drug-likeness (QED) is 0.0420. The topological polar surface area (TPSA) is 69.6 Å². The van der Waals surface area contributed by atoms with E-state index < -0.39 is 12.1 Å². The van der Waals surface area contributed by atoms with Crippen LogP contribution in [-0.4, -0.2) is 34.9 Å². The lowest BCUT2D eigenvalue weighted by Gasteiger charge is -2.20. The molecule has 0 bridgehead atoms. The van der Waals surface area contributed by atoms with E-state index in [1.54, 1.807) is 6.08 Å². The predicted octanol–water partition coefficient (Wildman–Crippen LogP) is 24.0. The summed E-state index contributed by atoms with van der Waals surface area (Å²) in [5.74, 6) is -0.0640. The van der Waals surface area contributed by atoms with Gasteiger partial charge in [0.05, 0.1) is 18.8 Å². The fourth-order valence-electron chi connectivity index (χ4n) is 10.6. The zero-order valence-corrected chi connectivity index (χ0v) is 52.9. The van der Waals surface area contributed by atoms with Crippen LogP contribution in [0.4, 0.5) is 0 Å². The van der Waals surface area contributed by atoms with Gasteiger partial charge in [0.25, 0.3) is 0 Å². The lowest BCUT2D eigenvalue weighted by atomic mass is 10.0. The van der Waals surface area contributed by atoms with Crippen molar-refractivity contribution in [2.75, 3.05) is 6.61 Å². The van der Waals surface area contributed by atoms with E-state index in [0.717, 1.165) is 70.6 Å². The number of allylic oxidation sites excluding steroid dienone is 15. The van der Waals surface area contributed by atoms with Gasteiger partial charge in [-0.25, -0.2) is 0 Å². The van der Waals surface area contributed by atoms with E-state index in [-0.39, 0.29) is 12.5 Å². The first-order valence-corrected chi connectivity index (χ1v) is 35.0. The molecule has 79 heavy (non-hydrogen) atoms. The Morgan fingerprint density at radius 1 is 0.316 bits per heavy atom. The van der Waals surface area contributed by atoms with Gasteiger partial charge >= 0.3 is 0 Å². The third-order valence-corrected chi connectivity index (χ3v) is 15.8. The molecule has 1 amide bonds. The highest BCUT2D eigenvalue weighted by molar-refractivity contribution is 5.76. The summed E-state index contributed by atoms with van der Waals surface area (Å²) < 4.78 is 0. The van der Waals surface area contributed by atoms with E-state index in [4.69, 9.17) is 0 Å². The summed E-state index contributed by atoms with van der Waals surface area (Å²) in [6.45, 7) is 4.22. The Balaban J connectivity index is 3.49. The number of carbonyl (C=O) groups is 1. The van der Waals surface area contributed by atoms with Crippen LogP contribution in [0, 0.1) is 0 Å². The molecular formula is C75H135NO3. The van der Waals surface area contributed by atoms with Gasteiger partial charge in [-0.15, -0.1) is 0 Å². The monoisotopic (exact) mass is 1100 g/mol. The molecular weight excluding hydrogens is 963 g/mol. The fraction of sp³-hybridized carbons (Fsp3) is 0.773. The smallest absolute Gasteiger partial charge is 0.220 e. The van der Waals surface area contributed by atoms with Crippen LogP contribution >= 0.6 is 0 Å². The minimum Gasteiger partial charge on any atom is -0.394 e. The van der Waals surface area contributed by atoms with Gasteiger partial charge < -0.3 is 15.5 Å². The molecule has 4 nitrogen and oxygen atoms in total. The van der Waals surface area contributed by atoms with Crippen molar-refractivity contribution in [1.29, 1.82) is 0 Å². The first-order chi connectivity index (χ1) is 39.2. The molecule has 0 saturated heterocycles. The van der Waals surface area contributed by atoms with Gasteiger partial charge in [-0.05, 0) is 77.0 Å². The van der Waals surface area contributed by atoms with Crippen LogP contribution in [0.2, 0.25) is 0 Å². The van der Waals surface area contributed by atoms with E-state index >= 15 is 0 Å². The zero-order valence-electron chi connectivity index (χ0n) is 52.9. The highest BCUT2D eigenvalue weighted by Gasteiger charge is 2.18. The van der Waals surface area contributed by atoms with Crippen molar-refractivity contribution in [3.8, 4) is 0 Å². The van der Waals surface area contributed by atoms with E-state index in [2.05, 4.69) is 104 Å². The molecule has 4 heteroatoms. The highest BCUT2D eigenvalue weighted by atomic mass is 16.3. The van der Waals surface area contributed by atoms with Crippen LogP contribution < -0.4 is 5.32 Å². The second-order valence-electron chi connectivity index (χ2n) is 23.6. The SMILES string of the molecule is CC/C=C\C/C=C\C/C=C\C/C=C\C/C=C\C/C=C\C/C=C\CCCCCCCCCCCCCCCC(=O)NC(CO)C(O)/C=C/CCCCCCCCCCCCCCCCCCCCCCCCCCCCCCCC. The third kappa shape index (κ3) is 66.0. The molecule has 2 atom stereocenters. The third-order valence-electron chi connectivity index (χ3n) is 15.8. The zero-order chi connectivity index (χ0) is 56.9. The lowest BCUT2D eigenvalue weighted by molar-refractivity contribution is -0.123. The van der Waals surface area contributed by atoms with Crippen molar-refractivity contribution in [2.24, 2.45) is 0 Å². The minimum atomic E-state index is -0.847. The summed E-state index contributed by atoms with van der Waals surface area (Å²) in [4.78, 5) is 12.5. The number of hydrogen-bond donors (Lipinski definition) is 3. The Labute approximate surface area is 494 Å². The van der Waals surface area contributed by atoms with E-state index in [9.17, 15) is 15.0 Å². The second-order valence-corrected chi connectivity index (χ2v) is 23.6. The largest absolute Gasteiger partial charge is 0.394 e. The van der Waals surface area contributed by atoms with Crippen LogP contribution in [0.3, 0.4) is 0 Å². The van der Waals surface area contributed by atoms with Gasteiger partial charge in [-0.2, -0.15) is 0 Å². The van der Waals surface area contributed by atoms with Crippen LogP contribution in [0.5, 0.6) is 0 Å². The summed E-state index contributed by atoms with van der Waals surface area (Å²) in [5, 5.41) is 23.3. The Bertz CT molecular complexity index is 1430. The second kappa shape index (κ2) is 69.6. The fourth-order valence-corrected chi connectivity index (χ4v) is 10.6. The standard InChI is InChI=1S/C75H135NO3/c1-3-5-7-9-11-13-15-17-19-21-23-25-27-29-31-33-35-37-38-39-41-43-45-47-49-51-53-55-57-59-61-63-65-67-69-71-75(79)76-73(72-77)74(78)70-68-66-64-62-60-58-56-54-52-50-48-46-44-42-40-36-34-32-30-28-26-24-22-20-18-16-14-12-10-8-6-4-2/h5,7,11,13,17,19,23,25,29,31,35,37,39,41,68,70,73-74,77-78H,3-4,6,8-10,12,14-16,18,20-22,24,26-28,30,32-34,36,38,40,42-67,69,71-72H2,1-2H3,(H,76,79)/b7-5-,13-11-,19-17-,25-23-,31-29-,37-35-,41-39-,70-68+. The van der Waals surface area contributed by atoms with Crippen LogP contribution in [-0.2, 0) is 4.79 Å². The Hall–Kier alpha value is -2.69. The summed E-state index contributed by atoms with van der Waals surface area (Å²) in [6.07, 6.45) is 103. The number of aliphatic hydroxyl groups excluding tert-OH is 2. The number of rotatable bonds is 64. The molecule has 3 N–H and O–H groups in total. The van der Waals surface area contributed by atoms with Gasteiger partial charge in [0.2, 0.25) is 5.91 Å². The van der Waals surface area contributed by atoms with Gasteiger partial charge in [-0.1, -0.05) is 368 Å². The van der Waals surface area contributed by atoms with E-state index in [0.29, 0.717) is 6.42 Å². The van der Waals surface area contributed by atoms with Crippen molar-refractivity contribution in [1.82, 2.24) is 5.32 Å². The number of unbranched alkanes of at least 4 members (excludes halogenated alkanes) is 43. The van der Waals surface area contributed by atoms with Crippen LogP contribution in [0.25, 0.3) is 0 Å². The summed E-state index contributed by atoms with van der Waals surface area (Å²) in [6, 6.07) is -0.630. The molecule has 0 fully saturated rings. The maximum Gasteiger partial charge on any atom is 0.220 e. The maximum atomic E-state index is 12.5. The Morgan fingerprint density at radius 2 is 0.557 bits per heavy atom. The number of amides is 1. The number of aliphatic hydroxyl groups is 2.